The number of amides is 2. The quantitative estimate of drug-likeness (QED) is 0.908. The van der Waals surface area contributed by atoms with E-state index in [9.17, 15) is 14.0 Å². The lowest BCUT2D eigenvalue weighted by Gasteiger charge is -2.26. The van der Waals surface area contributed by atoms with Gasteiger partial charge in [-0.25, -0.2) is 4.39 Å². The summed E-state index contributed by atoms with van der Waals surface area (Å²) in [6.45, 7) is 0.631. The van der Waals surface area contributed by atoms with Gasteiger partial charge < -0.3 is 10.2 Å². The van der Waals surface area contributed by atoms with E-state index < -0.39 is 5.82 Å². The third kappa shape index (κ3) is 2.90. The van der Waals surface area contributed by atoms with Crippen molar-refractivity contribution < 1.29 is 14.0 Å². The predicted molar refractivity (Wildman–Crippen MR) is 92.8 cm³/mol. The molecule has 0 radical (unpaired) electrons. The van der Waals surface area contributed by atoms with Crippen molar-refractivity contribution in [2.24, 2.45) is 0 Å². The zero-order valence-electron chi connectivity index (χ0n) is 13.8. The number of carbonyl (C=O) groups is 2. The van der Waals surface area contributed by atoms with Gasteiger partial charge in [0.25, 0.3) is 5.91 Å². The molecule has 4 rings (SSSR count). The maximum atomic E-state index is 14.5. The van der Waals surface area contributed by atoms with Gasteiger partial charge in [0.15, 0.2) is 0 Å². The molecule has 0 spiro atoms. The summed E-state index contributed by atoms with van der Waals surface area (Å²) in [7, 11) is 0. The Bertz CT molecular complexity index is 835. The van der Waals surface area contributed by atoms with Crippen molar-refractivity contribution in [3.8, 4) is 0 Å². The first-order valence-corrected chi connectivity index (χ1v) is 8.61. The van der Waals surface area contributed by atoms with Crippen LogP contribution in [-0.4, -0.2) is 23.3 Å². The molecule has 5 heteroatoms. The van der Waals surface area contributed by atoms with Crippen LogP contribution in [0.4, 0.5) is 10.1 Å². The van der Waals surface area contributed by atoms with Crippen molar-refractivity contribution in [2.75, 3.05) is 11.9 Å². The second kappa shape index (κ2) is 6.31. The van der Waals surface area contributed by atoms with Crippen molar-refractivity contribution >= 4 is 17.5 Å². The van der Waals surface area contributed by atoms with Gasteiger partial charge in [-0.2, -0.15) is 0 Å². The monoisotopic (exact) mass is 338 g/mol. The van der Waals surface area contributed by atoms with E-state index in [0.29, 0.717) is 25.1 Å². The van der Waals surface area contributed by atoms with Crippen molar-refractivity contribution in [3.05, 3.63) is 65.0 Å². The summed E-state index contributed by atoms with van der Waals surface area (Å²) in [5.74, 6) is -0.970. The van der Waals surface area contributed by atoms with Gasteiger partial charge >= 0.3 is 0 Å². The molecule has 2 amide bonds. The number of halogens is 1. The van der Waals surface area contributed by atoms with Crippen molar-refractivity contribution in [2.45, 2.75) is 31.7 Å². The molecule has 2 heterocycles. The lowest BCUT2D eigenvalue weighted by atomic mass is 9.98. The highest BCUT2D eigenvalue weighted by Crippen LogP contribution is 2.34. The highest BCUT2D eigenvalue weighted by Gasteiger charge is 2.32. The molecule has 0 bridgehead atoms. The Morgan fingerprint density at radius 1 is 1.16 bits per heavy atom. The van der Waals surface area contributed by atoms with Crippen LogP contribution in [0.2, 0.25) is 0 Å². The molecule has 1 atom stereocenters. The Labute approximate surface area is 145 Å². The standard InChI is InChI=1S/C20H19FN2O2/c21-16-12-17-14(8-9-19(24)22-17)11-15(16)20(25)23-10-4-7-18(23)13-5-2-1-3-6-13/h1-3,5-6,11-12,18H,4,7-10H2,(H,22,24). The first kappa shape index (κ1) is 15.8. The van der Waals surface area contributed by atoms with Gasteiger partial charge in [0, 0.05) is 18.7 Å². The smallest absolute Gasteiger partial charge is 0.257 e. The molecule has 1 fully saturated rings. The number of fused-ring (bicyclic) bond motifs is 1. The Morgan fingerprint density at radius 3 is 2.76 bits per heavy atom. The van der Waals surface area contributed by atoms with Crippen LogP contribution in [-0.2, 0) is 11.2 Å². The van der Waals surface area contributed by atoms with E-state index in [1.165, 1.54) is 6.07 Å². The van der Waals surface area contributed by atoms with Crippen LogP contribution in [0.1, 0.15) is 46.8 Å². The van der Waals surface area contributed by atoms with Crippen LogP contribution in [0.5, 0.6) is 0 Å². The van der Waals surface area contributed by atoms with E-state index in [1.54, 1.807) is 11.0 Å². The topological polar surface area (TPSA) is 49.4 Å². The zero-order valence-corrected chi connectivity index (χ0v) is 13.8. The summed E-state index contributed by atoms with van der Waals surface area (Å²) in [6, 6.07) is 12.7. The highest BCUT2D eigenvalue weighted by atomic mass is 19.1. The second-order valence-electron chi connectivity index (χ2n) is 6.60. The van der Waals surface area contributed by atoms with E-state index in [1.807, 2.05) is 30.3 Å². The number of hydrogen-bond donors (Lipinski definition) is 1. The van der Waals surface area contributed by atoms with E-state index >= 15 is 0 Å². The second-order valence-corrected chi connectivity index (χ2v) is 6.60. The fourth-order valence-electron chi connectivity index (χ4n) is 3.75. The van der Waals surface area contributed by atoms with Crippen molar-refractivity contribution in [1.82, 2.24) is 4.90 Å². The number of carbonyl (C=O) groups excluding carboxylic acids is 2. The molecule has 25 heavy (non-hydrogen) atoms. The number of rotatable bonds is 2. The number of benzene rings is 2. The molecule has 0 aliphatic carbocycles. The van der Waals surface area contributed by atoms with E-state index in [2.05, 4.69) is 5.32 Å². The summed E-state index contributed by atoms with van der Waals surface area (Å²) >= 11 is 0. The van der Waals surface area contributed by atoms with Gasteiger partial charge in [0.2, 0.25) is 5.91 Å². The van der Waals surface area contributed by atoms with Gasteiger partial charge in [-0.3, -0.25) is 9.59 Å². The van der Waals surface area contributed by atoms with Crippen LogP contribution in [0, 0.1) is 5.82 Å². The Hall–Kier alpha value is -2.69. The Morgan fingerprint density at radius 2 is 1.96 bits per heavy atom. The molecular weight excluding hydrogens is 319 g/mol. The summed E-state index contributed by atoms with van der Waals surface area (Å²) in [4.78, 5) is 26.2. The number of aryl methyl sites for hydroxylation is 1. The lowest BCUT2D eigenvalue weighted by Crippen LogP contribution is -2.31. The molecule has 1 saturated heterocycles. The average Bonchev–Trinajstić information content (AvgIpc) is 3.11. The van der Waals surface area contributed by atoms with E-state index in [-0.39, 0.29) is 23.4 Å². The molecular formula is C20H19FN2O2. The molecule has 2 aromatic rings. The summed E-state index contributed by atoms with van der Waals surface area (Å²) in [5, 5.41) is 2.67. The van der Waals surface area contributed by atoms with Gasteiger partial charge in [-0.1, -0.05) is 30.3 Å². The van der Waals surface area contributed by atoms with Crippen LogP contribution in [0.3, 0.4) is 0 Å². The molecule has 0 saturated carbocycles. The third-order valence-electron chi connectivity index (χ3n) is 5.02. The predicted octanol–water partition coefficient (Wildman–Crippen LogP) is 3.69. The highest BCUT2D eigenvalue weighted by molar-refractivity contribution is 5.98. The van der Waals surface area contributed by atoms with E-state index in [0.717, 1.165) is 24.0 Å². The third-order valence-corrected chi connectivity index (χ3v) is 5.02. The largest absolute Gasteiger partial charge is 0.332 e. The van der Waals surface area contributed by atoms with Crippen LogP contribution < -0.4 is 5.32 Å². The maximum Gasteiger partial charge on any atom is 0.257 e. The molecule has 0 aromatic heterocycles. The molecule has 2 aliphatic rings. The molecule has 4 nitrogen and oxygen atoms in total. The first-order valence-electron chi connectivity index (χ1n) is 8.61. The minimum Gasteiger partial charge on any atom is -0.332 e. The number of hydrogen-bond acceptors (Lipinski definition) is 2. The molecule has 128 valence electrons. The average molecular weight is 338 g/mol. The normalized spacial score (nSPS) is 19.5. The molecule has 2 aliphatic heterocycles. The first-order chi connectivity index (χ1) is 12.1. The van der Waals surface area contributed by atoms with Gasteiger partial charge in [0.1, 0.15) is 5.82 Å². The van der Waals surface area contributed by atoms with Crippen LogP contribution in [0.15, 0.2) is 42.5 Å². The summed E-state index contributed by atoms with van der Waals surface area (Å²) in [6.07, 6.45) is 2.69. The Balaban J connectivity index is 1.65. The minimum atomic E-state index is -0.579. The maximum absolute atomic E-state index is 14.5. The number of anilines is 1. The van der Waals surface area contributed by atoms with Crippen LogP contribution in [0.25, 0.3) is 0 Å². The summed E-state index contributed by atoms with van der Waals surface area (Å²) < 4.78 is 14.5. The Kier molecular flexibility index (Phi) is 3.99. The molecule has 1 unspecified atom stereocenters. The number of nitrogens with zero attached hydrogens (tertiary/aromatic N) is 1. The van der Waals surface area contributed by atoms with Crippen molar-refractivity contribution in [1.29, 1.82) is 0 Å². The van der Waals surface area contributed by atoms with Gasteiger partial charge in [0.05, 0.1) is 11.6 Å². The molecule has 1 N–H and O–H groups in total. The van der Waals surface area contributed by atoms with Gasteiger partial charge in [-0.15, -0.1) is 0 Å². The van der Waals surface area contributed by atoms with Gasteiger partial charge in [-0.05, 0) is 42.5 Å². The molecule has 2 aromatic carbocycles. The lowest BCUT2D eigenvalue weighted by molar-refractivity contribution is -0.116. The fourth-order valence-corrected chi connectivity index (χ4v) is 3.75. The number of nitrogens with one attached hydrogen (secondary N) is 1. The SMILES string of the molecule is O=C1CCc2cc(C(=O)N3CCCC3c3ccccc3)c(F)cc2N1. The van der Waals surface area contributed by atoms with E-state index in [4.69, 9.17) is 0 Å². The summed E-state index contributed by atoms with van der Waals surface area (Å²) in [5.41, 5.74) is 2.47. The zero-order chi connectivity index (χ0) is 17.4. The van der Waals surface area contributed by atoms with Crippen LogP contribution >= 0.6 is 0 Å². The number of likely N-dealkylation sites (tertiary alicyclic amines) is 1. The minimum absolute atomic E-state index is 0.0103. The van der Waals surface area contributed by atoms with Crippen molar-refractivity contribution in [3.63, 3.8) is 0 Å². The fraction of sp³-hybridized carbons (Fsp3) is 0.300.